The van der Waals surface area contributed by atoms with E-state index in [0.717, 1.165) is 5.56 Å². The van der Waals surface area contributed by atoms with Crippen LogP contribution >= 0.6 is 0 Å². The Kier molecular flexibility index (Phi) is 5.39. The fourth-order valence-corrected chi connectivity index (χ4v) is 2.69. The van der Waals surface area contributed by atoms with E-state index in [1.54, 1.807) is 0 Å². The normalized spacial score (nSPS) is 20.0. The first-order valence-corrected chi connectivity index (χ1v) is 6.98. The molecule has 1 aromatic carbocycles. The van der Waals surface area contributed by atoms with Crippen molar-refractivity contribution in [1.29, 1.82) is 0 Å². The van der Waals surface area contributed by atoms with Gasteiger partial charge in [-0.25, -0.2) is 4.79 Å². The second-order valence-electron chi connectivity index (χ2n) is 5.32. The lowest BCUT2D eigenvalue weighted by Gasteiger charge is -2.30. The molecule has 122 valence electrons. The summed E-state index contributed by atoms with van der Waals surface area (Å²) in [6.45, 7) is 0.422. The third kappa shape index (κ3) is 4.05. The maximum absolute atomic E-state index is 12.9. The minimum Gasteiger partial charge on any atom is -0.480 e. The maximum Gasteiger partial charge on any atom is 0.326 e. The molecule has 1 saturated heterocycles. The van der Waals surface area contributed by atoms with Gasteiger partial charge in [0.2, 0.25) is 5.91 Å². The molecular weight excluding hydrogens is 284 g/mol. The zero-order valence-corrected chi connectivity index (χ0v) is 12.4. The molecule has 1 fully saturated rings. The van der Waals surface area contributed by atoms with Crippen molar-refractivity contribution in [2.75, 3.05) is 20.6 Å². The third-order valence-corrected chi connectivity index (χ3v) is 3.82. The van der Waals surface area contributed by atoms with Gasteiger partial charge in [0.25, 0.3) is 0 Å². The van der Waals surface area contributed by atoms with Crippen LogP contribution in [0.3, 0.4) is 0 Å². The maximum atomic E-state index is 12.9. The molecule has 6 heteroatoms. The van der Waals surface area contributed by atoms with E-state index in [-0.39, 0.29) is 25.4 Å². The van der Waals surface area contributed by atoms with E-state index in [2.05, 4.69) is 0 Å². The fourth-order valence-electron chi connectivity index (χ4n) is 2.69. The van der Waals surface area contributed by atoms with E-state index in [4.69, 9.17) is 2.74 Å². The van der Waals surface area contributed by atoms with Crippen LogP contribution in [0, 0.1) is 0 Å². The minimum absolute atomic E-state index is 0. The standard InChI is InChI=1S/C16H22N2O3.H2O/c1-17(2)14(11-12-7-4-3-5-8-12)15(19)18-10-6-9-13(18)16(20)21;/h3-5,7-8,13-14H,6,9-11H2,1-2H3,(H,20,21);1H2/t13-,14-;/m0./s1/i1D,2D;. The number of hydrogen-bond acceptors (Lipinski definition) is 3. The molecule has 2 atom stereocenters. The van der Waals surface area contributed by atoms with E-state index in [1.807, 2.05) is 30.3 Å². The van der Waals surface area contributed by atoms with Gasteiger partial charge in [-0.2, -0.15) is 0 Å². The average molecular weight is 310 g/mol. The topological polar surface area (TPSA) is 92.4 Å². The number of likely N-dealkylation sites (tertiary alicyclic amines) is 1. The molecule has 0 saturated carbocycles. The van der Waals surface area contributed by atoms with Gasteiger partial charge in [0.15, 0.2) is 0 Å². The predicted molar refractivity (Wildman–Crippen MR) is 83.6 cm³/mol. The highest BCUT2D eigenvalue weighted by molar-refractivity contribution is 5.87. The Morgan fingerprint density at radius 3 is 2.68 bits per heavy atom. The highest BCUT2D eigenvalue weighted by Gasteiger charge is 2.37. The number of likely N-dealkylation sites (N-methyl/N-ethyl adjacent to an activating group) is 1. The number of carboxylic acids is 1. The Hall–Kier alpha value is -1.92. The van der Waals surface area contributed by atoms with Crippen LogP contribution in [0.4, 0.5) is 0 Å². The van der Waals surface area contributed by atoms with Crippen molar-refractivity contribution in [3.63, 3.8) is 0 Å². The van der Waals surface area contributed by atoms with E-state index in [1.165, 1.54) is 9.80 Å². The molecule has 22 heavy (non-hydrogen) atoms. The molecule has 1 heterocycles. The summed E-state index contributed by atoms with van der Waals surface area (Å²) < 4.78 is 15.1. The van der Waals surface area contributed by atoms with Gasteiger partial charge in [-0.1, -0.05) is 30.3 Å². The van der Waals surface area contributed by atoms with Crippen LogP contribution < -0.4 is 0 Å². The van der Waals surface area contributed by atoms with E-state index in [9.17, 15) is 14.7 Å². The van der Waals surface area contributed by atoms with Gasteiger partial charge < -0.3 is 15.5 Å². The van der Waals surface area contributed by atoms with Gasteiger partial charge in [-0.05, 0) is 38.9 Å². The molecule has 1 amide bonds. The first-order chi connectivity index (χ1) is 11.1. The number of carbonyl (C=O) groups excluding carboxylic acids is 1. The zero-order valence-electron chi connectivity index (χ0n) is 14.4. The van der Waals surface area contributed by atoms with Crippen molar-refractivity contribution in [2.24, 2.45) is 0 Å². The smallest absolute Gasteiger partial charge is 0.326 e. The molecule has 0 unspecified atom stereocenters. The molecule has 1 aromatic rings. The number of rotatable bonds is 5. The summed E-state index contributed by atoms with van der Waals surface area (Å²) >= 11 is 0. The van der Waals surface area contributed by atoms with Crippen molar-refractivity contribution in [3.8, 4) is 0 Å². The van der Waals surface area contributed by atoms with Crippen LogP contribution in [0.2, 0.25) is 0 Å². The molecule has 0 bridgehead atoms. The minimum atomic E-state index is -0.988. The lowest BCUT2D eigenvalue weighted by Crippen LogP contribution is -2.50. The van der Waals surface area contributed by atoms with Crippen molar-refractivity contribution < 1.29 is 22.9 Å². The van der Waals surface area contributed by atoms with Gasteiger partial charge in [-0.3, -0.25) is 9.69 Å². The zero-order chi connectivity index (χ0) is 16.8. The second-order valence-corrected chi connectivity index (χ2v) is 5.32. The summed E-state index contributed by atoms with van der Waals surface area (Å²) in [7, 11) is -0.337. The molecule has 0 radical (unpaired) electrons. The van der Waals surface area contributed by atoms with Gasteiger partial charge in [0.05, 0.1) is 6.04 Å². The van der Waals surface area contributed by atoms with Crippen LogP contribution in [0.25, 0.3) is 0 Å². The number of carbonyl (C=O) groups is 2. The SMILES string of the molecule is O.[2H]CN(C[2H])[C@@H](Cc1ccccc1)C(=O)N1CCC[C@H]1C(=O)O. The number of carboxylic acid groups (broad SMARTS) is 1. The van der Waals surface area contributed by atoms with Gasteiger partial charge in [0, 0.05) is 9.29 Å². The Labute approximate surface area is 133 Å². The van der Waals surface area contributed by atoms with Crippen molar-refractivity contribution in [1.82, 2.24) is 9.80 Å². The molecule has 0 aliphatic carbocycles. The van der Waals surface area contributed by atoms with E-state index >= 15 is 0 Å². The van der Waals surface area contributed by atoms with Crippen LogP contribution in [0.15, 0.2) is 30.3 Å². The molecule has 2 rings (SSSR count). The highest BCUT2D eigenvalue weighted by atomic mass is 16.4. The van der Waals surface area contributed by atoms with Crippen LogP contribution in [-0.2, 0) is 16.0 Å². The average Bonchev–Trinajstić information content (AvgIpc) is 3.05. The van der Waals surface area contributed by atoms with Gasteiger partial charge in [-0.15, -0.1) is 0 Å². The van der Waals surface area contributed by atoms with Crippen molar-refractivity contribution in [3.05, 3.63) is 35.9 Å². The summed E-state index contributed by atoms with van der Waals surface area (Å²) in [6, 6.07) is 7.95. The number of amides is 1. The summed E-state index contributed by atoms with van der Waals surface area (Å²) in [5, 5.41) is 9.28. The number of hydrogen-bond donors (Lipinski definition) is 1. The molecule has 6 nitrogen and oxygen atoms in total. The first kappa shape index (κ1) is 15.0. The van der Waals surface area contributed by atoms with Gasteiger partial charge >= 0.3 is 5.97 Å². The Morgan fingerprint density at radius 2 is 2.09 bits per heavy atom. The Bertz CT molecular complexity index is 540. The van der Waals surface area contributed by atoms with E-state index < -0.39 is 18.1 Å². The second kappa shape index (κ2) is 7.91. The predicted octanol–water partition coefficient (Wildman–Crippen LogP) is 0.410. The lowest BCUT2D eigenvalue weighted by atomic mass is 10.0. The summed E-state index contributed by atoms with van der Waals surface area (Å²) in [5.74, 6) is -1.28. The first-order valence-electron chi connectivity index (χ1n) is 8.39. The fraction of sp³-hybridized carbons (Fsp3) is 0.500. The lowest BCUT2D eigenvalue weighted by molar-refractivity contribution is -0.150. The van der Waals surface area contributed by atoms with Crippen LogP contribution in [0.5, 0.6) is 0 Å². The van der Waals surface area contributed by atoms with Gasteiger partial charge in [0.1, 0.15) is 6.04 Å². The van der Waals surface area contributed by atoms with Crippen molar-refractivity contribution in [2.45, 2.75) is 31.3 Å². The summed E-state index contributed by atoms with van der Waals surface area (Å²) in [6.07, 6.45) is 1.50. The van der Waals surface area contributed by atoms with Crippen LogP contribution in [0.1, 0.15) is 21.1 Å². The molecular formula is C16H24N2O4. The molecule has 0 spiro atoms. The molecule has 0 aromatic heterocycles. The molecule has 3 N–H and O–H groups in total. The third-order valence-electron chi connectivity index (χ3n) is 3.82. The number of nitrogens with zero attached hydrogens (tertiary/aromatic N) is 2. The number of aliphatic carboxylic acids is 1. The highest BCUT2D eigenvalue weighted by Crippen LogP contribution is 2.20. The Morgan fingerprint density at radius 1 is 1.41 bits per heavy atom. The quantitative estimate of drug-likeness (QED) is 0.852. The molecule has 1 aliphatic rings. The van der Waals surface area contributed by atoms with Crippen LogP contribution in [-0.4, -0.2) is 64.9 Å². The van der Waals surface area contributed by atoms with Crippen molar-refractivity contribution >= 4 is 11.9 Å². The Balaban J connectivity index is 0.00000288. The number of benzene rings is 1. The van der Waals surface area contributed by atoms with E-state index in [0.29, 0.717) is 25.8 Å². The monoisotopic (exact) mass is 310 g/mol. The molecule has 1 aliphatic heterocycles. The summed E-state index contributed by atoms with van der Waals surface area (Å²) in [4.78, 5) is 27.1. The largest absolute Gasteiger partial charge is 0.480 e. The summed E-state index contributed by atoms with van der Waals surface area (Å²) in [5.41, 5.74) is 0.934.